The second-order valence-corrected chi connectivity index (χ2v) is 7.68. The first-order valence-corrected chi connectivity index (χ1v) is 9.23. The Morgan fingerprint density at radius 1 is 0.900 bits per heavy atom. The lowest BCUT2D eigenvalue weighted by Gasteiger charge is -2.54. The Morgan fingerprint density at radius 2 is 1.50 bits per heavy atom. The van der Waals surface area contributed by atoms with Gasteiger partial charge in [-0.05, 0) is 101 Å². The molecular weight excluding hydrogens is 244 g/mol. The predicted molar refractivity (Wildman–Crippen MR) is 85.8 cm³/mol. The molecule has 0 aromatic heterocycles. The minimum atomic E-state index is 1.02. The lowest BCUT2D eigenvalue weighted by atomic mass is 9.52. The Bertz CT molecular complexity index is 270. The fraction of sp³-hybridized carbons (Fsp3) is 1.00. The molecule has 0 saturated heterocycles. The third-order valence-electron chi connectivity index (χ3n) is 6.52. The summed E-state index contributed by atoms with van der Waals surface area (Å²) in [6, 6.07) is 0. The van der Waals surface area contributed by atoms with Gasteiger partial charge in [0, 0.05) is 0 Å². The highest BCUT2D eigenvalue weighted by atomic mass is 15.1. The molecule has 1 N–H and O–H groups in total. The van der Waals surface area contributed by atoms with E-state index in [0.29, 0.717) is 0 Å². The van der Waals surface area contributed by atoms with Crippen molar-refractivity contribution in [2.45, 2.75) is 52.4 Å². The molecule has 0 atom stereocenters. The summed E-state index contributed by atoms with van der Waals surface area (Å²) in [4.78, 5) is 2.53. The van der Waals surface area contributed by atoms with Crippen molar-refractivity contribution in [2.75, 3.05) is 32.7 Å². The zero-order valence-electron chi connectivity index (χ0n) is 13.6. The number of hydrogen-bond acceptors (Lipinski definition) is 2. The van der Waals surface area contributed by atoms with Crippen molar-refractivity contribution in [2.24, 2.45) is 29.6 Å². The van der Waals surface area contributed by atoms with Gasteiger partial charge in [0.2, 0.25) is 0 Å². The van der Waals surface area contributed by atoms with Gasteiger partial charge < -0.3 is 10.2 Å². The van der Waals surface area contributed by atoms with Crippen LogP contribution in [0.25, 0.3) is 0 Å². The molecular formula is C18H34N2. The van der Waals surface area contributed by atoms with Crippen LogP contribution in [0.4, 0.5) is 0 Å². The van der Waals surface area contributed by atoms with E-state index in [9.17, 15) is 0 Å². The topological polar surface area (TPSA) is 15.3 Å². The van der Waals surface area contributed by atoms with Crippen molar-refractivity contribution in [3.8, 4) is 0 Å². The normalized spacial score (nSPS) is 38.9. The van der Waals surface area contributed by atoms with Crippen molar-refractivity contribution in [3.05, 3.63) is 0 Å². The third-order valence-corrected chi connectivity index (χ3v) is 6.52. The molecule has 0 unspecified atom stereocenters. The van der Waals surface area contributed by atoms with Crippen LogP contribution in [0.3, 0.4) is 0 Å². The molecule has 20 heavy (non-hydrogen) atoms. The first kappa shape index (κ1) is 14.8. The van der Waals surface area contributed by atoms with Crippen LogP contribution in [0.2, 0.25) is 0 Å². The molecule has 116 valence electrons. The number of nitrogens with one attached hydrogen (secondary N) is 1. The fourth-order valence-electron chi connectivity index (χ4n) is 5.61. The number of nitrogens with zero attached hydrogens (tertiary/aromatic N) is 1. The molecule has 0 aromatic rings. The molecule has 4 saturated carbocycles. The van der Waals surface area contributed by atoms with E-state index in [1.807, 2.05) is 0 Å². The molecule has 0 radical (unpaired) electrons. The summed E-state index contributed by atoms with van der Waals surface area (Å²) < 4.78 is 0. The van der Waals surface area contributed by atoms with Gasteiger partial charge in [-0.2, -0.15) is 0 Å². The third kappa shape index (κ3) is 3.22. The predicted octanol–water partition coefficient (Wildman–Crippen LogP) is 3.38. The Balaban J connectivity index is 1.35. The Morgan fingerprint density at radius 3 is 2.05 bits per heavy atom. The van der Waals surface area contributed by atoms with E-state index in [-0.39, 0.29) is 0 Å². The van der Waals surface area contributed by atoms with Crippen LogP contribution in [0, 0.1) is 29.6 Å². The van der Waals surface area contributed by atoms with Crippen LogP contribution in [0.1, 0.15) is 52.4 Å². The first-order chi connectivity index (χ1) is 9.80. The lowest BCUT2D eigenvalue weighted by molar-refractivity contribution is -0.0354. The van der Waals surface area contributed by atoms with Gasteiger partial charge in [-0.3, -0.25) is 0 Å². The zero-order chi connectivity index (χ0) is 13.9. The van der Waals surface area contributed by atoms with Gasteiger partial charge in [-0.25, -0.2) is 0 Å². The van der Waals surface area contributed by atoms with E-state index in [2.05, 4.69) is 24.1 Å². The summed E-state index contributed by atoms with van der Waals surface area (Å²) in [5.41, 5.74) is 0. The summed E-state index contributed by atoms with van der Waals surface area (Å²) in [6.45, 7) is 10.7. The summed E-state index contributed by atoms with van der Waals surface area (Å²) in [6.07, 6.45) is 9.17. The van der Waals surface area contributed by atoms with Gasteiger partial charge in [-0.15, -0.1) is 0 Å². The highest BCUT2D eigenvalue weighted by Crippen LogP contribution is 2.56. The van der Waals surface area contributed by atoms with Crippen molar-refractivity contribution in [1.82, 2.24) is 10.2 Å². The second kappa shape index (κ2) is 6.79. The molecule has 4 fully saturated rings. The molecule has 2 nitrogen and oxygen atoms in total. The molecule has 0 aromatic carbocycles. The van der Waals surface area contributed by atoms with Crippen LogP contribution in [0.5, 0.6) is 0 Å². The Kier molecular flexibility index (Phi) is 5.04. The fourth-order valence-corrected chi connectivity index (χ4v) is 5.61. The van der Waals surface area contributed by atoms with Gasteiger partial charge in [-0.1, -0.05) is 13.8 Å². The van der Waals surface area contributed by atoms with Gasteiger partial charge in [0.1, 0.15) is 0 Å². The smallest absolute Gasteiger partial charge is 0.000687 e. The Hall–Kier alpha value is -0.0800. The van der Waals surface area contributed by atoms with Crippen LogP contribution >= 0.6 is 0 Å². The maximum atomic E-state index is 3.79. The molecule has 4 bridgehead atoms. The molecule has 4 aliphatic rings. The van der Waals surface area contributed by atoms with Crippen LogP contribution in [-0.2, 0) is 0 Å². The first-order valence-electron chi connectivity index (χ1n) is 9.23. The van der Waals surface area contributed by atoms with E-state index >= 15 is 0 Å². The molecule has 0 aliphatic heterocycles. The van der Waals surface area contributed by atoms with Gasteiger partial charge in [0.05, 0.1) is 0 Å². The van der Waals surface area contributed by atoms with E-state index < -0.39 is 0 Å². The Labute approximate surface area is 125 Å². The molecule has 2 heteroatoms. The highest BCUT2D eigenvalue weighted by molar-refractivity contribution is 4.98. The molecule has 4 rings (SSSR count). The van der Waals surface area contributed by atoms with Gasteiger partial charge in [0.15, 0.2) is 0 Å². The van der Waals surface area contributed by atoms with E-state index in [1.54, 1.807) is 32.1 Å². The second-order valence-electron chi connectivity index (χ2n) is 7.68. The summed E-state index contributed by atoms with van der Waals surface area (Å²) in [5, 5.41) is 3.79. The average molecular weight is 278 g/mol. The van der Waals surface area contributed by atoms with Crippen molar-refractivity contribution < 1.29 is 0 Å². The van der Waals surface area contributed by atoms with Crippen LogP contribution in [-0.4, -0.2) is 37.6 Å². The minimum absolute atomic E-state index is 1.02. The molecule has 0 amide bonds. The lowest BCUT2D eigenvalue weighted by Crippen LogP contribution is -2.48. The molecule has 0 spiro atoms. The zero-order valence-corrected chi connectivity index (χ0v) is 13.6. The largest absolute Gasteiger partial charge is 0.316 e. The summed E-state index contributed by atoms with van der Waals surface area (Å²) >= 11 is 0. The van der Waals surface area contributed by atoms with Crippen molar-refractivity contribution in [3.63, 3.8) is 0 Å². The van der Waals surface area contributed by atoms with Gasteiger partial charge >= 0.3 is 0 Å². The quantitative estimate of drug-likeness (QED) is 0.685. The average Bonchev–Trinajstić information content (AvgIpc) is 2.44. The standard InChI is InChI=1S/C18H34N2/c1-3-20(4-2)7-5-6-19-13-18-16-9-14-8-15(11-16)12-17(18)10-14/h14-19H,3-13H2,1-2H3. The van der Waals surface area contributed by atoms with Crippen molar-refractivity contribution >= 4 is 0 Å². The van der Waals surface area contributed by atoms with E-state index in [4.69, 9.17) is 0 Å². The monoisotopic (exact) mass is 278 g/mol. The molecule has 4 aliphatic carbocycles. The van der Waals surface area contributed by atoms with E-state index in [0.717, 1.165) is 29.6 Å². The maximum Gasteiger partial charge on any atom is -0.000687 e. The minimum Gasteiger partial charge on any atom is -0.316 e. The number of rotatable bonds is 8. The summed E-state index contributed by atoms with van der Waals surface area (Å²) in [7, 11) is 0. The van der Waals surface area contributed by atoms with Gasteiger partial charge in [0.25, 0.3) is 0 Å². The summed E-state index contributed by atoms with van der Waals surface area (Å²) in [5.74, 6) is 5.44. The van der Waals surface area contributed by atoms with Crippen LogP contribution < -0.4 is 5.32 Å². The SMILES string of the molecule is CCN(CC)CCCNCC1C2CC3CC(C2)CC1C3. The highest BCUT2D eigenvalue weighted by Gasteiger charge is 2.47. The van der Waals surface area contributed by atoms with Crippen LogP contribution in [0.15, 0.2) is 0 Å². The van der Waals surface area contributed by atoms with Crippen molar-refractivity contribution in [1.29, 1.82) is 0 Å². The molecule has 0 heterocycles. The number of hydrogen-bond donors (Lipinski definition) is 1. The van der Waals surface area contributed by atoms with E-state index in [1.165, 1.54) is 39.1 Å². The maximum absolute atomic E-state index is 3.79.